The highest BCUT2D eigenvalue weighted by molar-refractivity contribution is 7.14. The number of anilines is 1. The third kappa shape index (κ3) is 5.63. The zero-order chi connectivity index (χ0) is 21.8. The van der Waals surface area contributed by atoms with E-state index in [-0.39, 0.29) is 29.6 Å². The lowest BCUT2D eigenvalue weighted by Crippen LogP contribution is -2.51. The van der Waals surface area contributed by atoms with E-state index in [0.717, 1.165) is 57.2 Å². The van der Waals surface area contributed by atoms with E-state index < -0.39 is 11.6 Å². The summed E-state index contributed by atoms with van der Waals surface area (Å²) in [5, 5.41) is 4.66. The van der Waals surface area contributed by atoms with Crippen molar-refractivity contribution in [1.29, 1.82) is 0 Å². The maximum atomic E-state index is 13.9. The molecule has 31 heavy (non-hydrogen) atoms. The molecule has 2 aromatic rings. The Morgan fingerprint density at radius 3 is 2.39 bits per heavy atom. The molecule has 7 nitrogen and oxygen atoms in total. The van der Waals surface area contributed by atoms with Gasteiger partial charge in [0.1, 0.15) is 11.6 Å². The molecule has 3 heterocycles. The molecule has 1 N–H and O–H groups in total. The Balaban J connectivity index is 1.23. The Bertz CT molecular complexity index is 940. The first-order chi connectivity index (χ1) is 15.0. The van der Waals surface area contributed by atoms with E-state index in [1.807, 2.05) is 9.80 Å². The van der Waals surface area contributed by atoms with Crippen LogP contribution in [0.25, 0.3) is 11.3 Å². The SMILES string of the molecule is O=C(CN1CCN(CC(=O)N2CCCC2)CC1)Nc1nc(-c2cc(F)ccc2F)cs1. The summed E-state index contributed by atoms with van der Waals surface area (Å²) < 4.78 is 27.3. The zero-order valence-electron chi connectivity index (χ0n) is 17.1. The second-order valence-electron chi connectivity index (χ2n) is 7.85. The second kappa shape index (κ2) is 9.80. The van der Waals surface area contributed by atoms with Crippen LogP contribution < -0.4 is 5.32 Å². The van der Waals surface area contributed by atoms with Gasteiger partial charge in [0.05, 0.1) is 18.8 Å². The highest BCUT2D eigenvalue weighted by Gasteiger charge is 2.24. The number of carbonyl (C=O) groups excluding carboxylic acids is 2. The van der Waals surface area contributed by atoms with Gasteiger partial charge in [-0.2, -0.15) is 0 Å². The number of amides is 2. The number of hydrogen-bond acceptors (Lipinski definition) is 6. The molecule has 4 rings (SSSR count). The normalized spacial score (nSPS) is 17.8. The Hall–Kier alpha value is -2.43. The van der Waals surface area contributed by atoms with Crippen LogP contribution in [0, 0.1) is 11.6 Å². The van der Waals surface area contributed by atoms with E-state index in [9.17, 15) is 18.4 Å². The van der Waals surface area contributed by atoms with Gasteiger partial charge in [0.2, 0.25) is 11.8 Å². The van der Waals surface area contributed by atoms with Crippen molar-refractivity contribution in [2.24, 2.45) is 0 Å². The van der Waals surface area contributed by atoms with Gasteiger partial charge in [-0.3, -0.25) is 19.4 Å². The third-order valence-electron chi connectivity index (χ3n) is 5.60. The molecule has 1 aromatic heterocycles. The van der Waals surface area contributed by atoms with Crippen molar-refractivity contribution in [2.45, 2.75) is 12.8 Å². The summed E-state index contributed by atoms with van der Waals surface area (Å²) in [6.07, 6.45) is 2.18. The van der Waals surface area contributed by atoms with Gasteiger partial charge in [-0.05, 0) is 31.0 Å². The molecule has 2 amide bonds. The minimum absolute atomic E-state index is 0.0661. The topological polar surface area (TPSA) is 68.8 Å². The molecule has 0 unspecified atom stereocenters. The molecule has 166 valence electrons. The number of carbonyl (C=O) groups is 2. The number of rotatable bonds is 6. The second-order valence-corrected chi connectivity index (χ2v) is 8.71. The van der Waals surface area contributed by atoms with Crippen molar-refractivity contribution in [3.05, 3.63) is 35.2 Å². The first-order valence-corrected chi connectivity index (χ1v) is 11.3. The molecule has 2 saturated heterocycles. The summed E-state index contributed by atoms with van der Waals surface area (Å²) in [4.78, 5) is 35.0. The first kappa shape index (κ1) is 21.8. The van der Waals surface area contributed by atoms with E-state index in [0.29, 0.717) is 24.8 Å². The van der Waals surface area contributed by atoms with Crippen molar-refractivity contribution in [3.8, 4) is 11.3 Å². The standard InChI is InChI=1S/C21H25F2N5O2S/c22-15-3-4-17(23)16(11-15)18-14-31-21(24-18)25-19(29)12-26-7-9-27(10-8-26)13-20(30)28-5-1-2-6-28/h3-4,11,14H,1-2,5-10,12-13H2,(H,24,25,29). The maximum Gasteiger partial charge on any atom is 0.240 e. The van der Waals surface area contributed by atoms with Crippen molar-refractivity contribution in [1.82, 2.24) is 19.7 Å². The van der Waals surface area contributed by atoms with Gasteiger partial charge in [-0.15, -0.1) is 11.3 Å². The largest absolute Gasteiger partial charge is 0.342 e. The molecule has 0 aliphatic carbocycles. The Labute approximate surface area is 183 Å². The first-order valence-electron chi connectivity index (χ1n) is 10.4. The Morgan fingerprint density at radius 1 is 1.00 bits per heavy atom. The third-order valence-corrected chi connectivity index (χ3v) is 6.36. The summed E-state index contributed by atoms with van der Waals surface area (Å²) in [6.45, 7) is 5.29. The summed E-state index contributed by atoms with van der Waals surface area (Å²) in [5.74, 6) is -1.12. The van der Waals surface area contributed by atoms with Crippen LogP contribution in [-0.2, 0) is 9.59 Å². The predicted molar refractivity (Wildman–Crippen MR) is 115 cm³/mol. The van der Waals surface area contributed by atoms with Crippen molar-refractivity contribution in [3.63, 3.8) is 0 Å². The van der Waals surface area contributed by atoms with Crippen LogP contribution in [0.15, 0.2) is 23.6 Å². The summed E-state index contributed by atoms with van der Waals surface area (Å²) in [6, 6.07) is 3.19. The van der Waals surface area contributed by atoms with Crippen molar-refractivity contribution in [2.75, 3.05) is 57.7 Å². The smallest absolute Gasteiger partial charge is 0.240 e. The molecule has 0 atom stereocenters. The number of piperazine rings is 1. The fraction of sp³-hybridized carbons (Fsp3) is 0.476. The van der Waals surface area contributed by atoms with Gasteiger partial charge in [-0.25, -0.2) is 13.8 Å². The van der Waals surface area contributed by atoms with Gasteiger partial charge in [-0.1, -0.05) is 0 Å². The lowest BCUT2D eigenvalue weighted by molar-refractivity contribution is -0.132. The number of thiazole rings is 1. The number of halogens is 2. The molecule has 0 bridgehead atoms. The number of benzene rings is 1. The summed E-state index contributed by atoms with van der Waals surface area (Å²) in [7, 11) is 0. The Kier molecular flexibility index (Phi) is 6.89. The number of likely N-dealkylation sites (tertiary alicyclic amines) is 1. The van der Waals surface area contributed by atoms with Crippen LogP contribution in [0.3, 0.4) is 0 Å². The van der Waals surface area contributed by atoms with Crippen LogP contribution in [0.1, 0.15) is 12.8 Å². The molecule has 2 aliphatic rings. The minimum atomic E-state index is -0.564. The summed E-state index contributed by atoms with van der Waals surface area (Å²) in [5.41, 5.74) is 0.352. The molecule has 2 fully saturated rings. The lowest BCUT2D eigenvalue weighted by Gasteiger charge is -2.34. The van der Waals surface area contributed by atoms with Crippen LogP contribution in [0.5, 0.6) is 0 Å². The number of hydrogen-bond donors (Lipinski definition) is 1. The van der Waals surface area contributed by atoms with Gasteiger partial charge in [0.15, 0.2) is 5.13 Å². The highest BCUT2D eigenvalue weighted by atomic mass is 32.1. The van der Waals surface area contributed by atoms with Crippen molar-refractivity contribution < 1.29 is 18.4 Å². The van der Waals surface area contributed by atoms with Crippen LogP contribution in [0.4, 0.5) is 13.9 Å². The maximum absolute atomic E-state index is 13.9. The van der Waals surface area contributed by atoms with Crippen LogP contribution >= 0.6 is 11.3 Å². The average Bonchev–Trinajstić information content (AvgIpc) is 3.43. The fourth-order valence-corrected chi connectivity index (χ4v) is 4.60. The molecular formula is C21H25F2N5O2S. The molecule has 0 saturated carbocycles. The number of nitrogens with one attached hydrogen (secondary N) is 1. The van der Waals surface area contributed by atoms with E-state index in [1.165, 1.54) is 11.3 Å². The fourth-order valence-electron chi connectivity index (χ4n) is 3.87. The van der Waals surface area contributed by atoms with E-state index in [1.54, 1.807) is 5.38 Å². The van der Waals surface area contributed by atoms with Crippen molar-refractivity contribution >= 4 is 28.3 Å². The molecule has 0 radical (unpaired) electrons. The van der Waals surface area contributed by atoms with Gasteiger partial charge in [0, 0.05) is 50.2 Å². The van der Waals surface area contributed by atoms with Gasteiger partial charge < -0.3 is 10.2 Å². The predicted octanol–water partition coefficient (Wildman–Crippen LogP) is 2.27. The summed E-state index contributed by atoms with van der Waals surface area (Å²) >= 11 is 1.17. The van der Waals surface area contributed by atoms with Crippen LogP contribution in [0.2, 0.25) is 0 Å². The van der Waals surface area contributed by atoms with E-state index in [4.69, 9.17) is 0 Å². The molecule has 10 heteroatoms. The molecule has 1 aromatic carbocycles. The minimum Gasteiger partial charge on any atom is -0.342 e. The van der Waals surface area contributed by atoms with E-state index >= 15 is 0 Å². The van der Waals surface area contributed by atoms with Gasteiger partial charge in [0.25, 0.3) is 0 Å². The average molecular weight is 450 g/mol. The molecular weight excluding hydrogens is 424 g/mol. The number of aromatic nitrogens is 1. The molecule has 2 aliphatic heterocycles. The quantitative estimate of drug-likeness (QED) is 0.733. The van der Waals surface area contributed by atoms with E-state index in [2.05, 4.69) is 15.2 Å². The van der Waals surface area contributed by atoms with Gasteiger partial charge >= 0.3 is 0 Å². The Morgan fingerprint density at radius 2 is 1.68 bits per heavy atom. The molecule has 0 spiro atoms. The van der Waals surface area contributed by atoms with Crippen LogP contribution in [-0.4, -0.2) is 83.9 Å². The zero-order valence-corrected chi connectivity index (χ0v) is 18.0. The highest BCUT2D eigenvalue weighted by Crippen LogP contribution is 2.27. The number of nitrogens with zero attached hydrogens (tertiary/aromatic N) is 4. The monoisotopic (exact) mass is 449 g/mol. The lowest BCUT2D eigenvalue weighted by atomic mass is 10.1.